The van der Waals surface area contributed by atoms with Gasteiger partial charge < -0.3 is 23.7 Å². The summed E-state index contributed by atoms with van der Waals surface area (Å²) in [6, 6.07) is 15.4. The predicted octanol–water partition coefficient (Wildman–Crippen LogP) is 4.78. The molecule has 0 amide bonds. The molecule has 0 fully saturated rings. The van der Waals surface area contributed by atoms with Crippen molar-refractivity contribution in [3.63, 3.8) is 0 Å². The molecule has 0 bridgehead atoms. The standard InChI is InChI=1S/C30H33ClN8O10/c1-3-4-11-25-32-28(31)27(30(41)48-19(2)47-26(40)12-7-8-22(49-39(44)45)18-46-38(42)43)37(25)17-20-13-15-21(16-14-20)23-9-5-6-10-24(23)29-33-35-36-34-29/h5-6,9-10,13-16,19,22H,3-4,7-8,11-12,17-18H2,1-2H3,(H,33,34,35,36)/t19?,22-/m1/s1. The third-order valence-corrected chi connectivity index (χ3v) is 7.41. The van der Waals surface area contributed by atoms with E-state index >= 15 is 0 Å². The molecule has 2 atom stereocenters. The number of ether oxygens (including phenoxy) is 2. The third-order valence-electron chi connectivity index (χ3n) is 7.15. The lowest BCUT2D eigenvalue weighted by atomic mass is 9.98. The Kier molecular flexibility index (Phi) is 12.9. The molecule has 2 heterocycles. The number of carbonyl (C=O) groups excluding carboxylic acids is 2. The number of imidazole rings is 1. The van der Waals surface area contributed by atoms with Crippen molar-refractivity contribution < 1.29 is 38.9 Å². The molecular weight excluding hydrogens is 668 g/mol. The maximum atomic E-state index is 13.4. The first kappa shape index (κ1) is 36.2. The number of H-pyrrole nitrogens is 1. The molecule has 4 rings (SSSR count). The number of rotatable bonds is 19. The Morgan fingerprint density at radius 1 is 1.02 bits per heavy atom. The number of nitrogens with one attached hydrogen (secondary N) is 1. The Labute approximate surface area is 283 Å². The summed E-state index contributed by atoms with van der Waals surface area (Å²) >= 11 is 6.46. The molecule has 18 nitrogen and oxygen atoms in total. The van der Waals surface area contributed by atoms with Crippen molar-refractivity contribution in [3.05, 3.63) is 91.0 Å². The number of hydrogen-bond acceptors (Lipinski definition) is 14. The molecule has 0 aliphatic heterocycles. The molecule has 0 radical (unpaired) electrons. The fourth-order valence-electron chi connectivity index (χ4n) is 4.92. The van der Waals surface area contributed by atoms with Gasteiger partial charge in [0.25, 0.3) is 10.2 Å². The number of unbranched alkanes of at least 4 members (excludes halogenated alkanes) is 1. The summed E-state index contributed by atoms with van der Waals surface area (Å²) < 4.78 is 12.3. The van der Waals surface area contributed by atoms with Gasteiger partial charge in [-0.05, 0) is 41.2 Å². The minimum Gasteiger partial charge on any atom is -0.425 e. The Bertz CT molecular complexity index is 1730. The van der Waals surface area contributed by atoms with Crippen molar-refractivity contribution >= 4 is 23.5 Å². The van der Waals surface area contributed by atoms with Crippen molar-refractivity contribution in [1.82, 2.24) is 30.2 Å². The summed E-state index contributed by atoms with van der Waals surface area (Å²) in [5.74, 6) is -0.586. The van der Waals surface area contributed by atoms with E-state index in [0.717, 1.165) is 35.1 Å². The average Bonchev–Trinajstić information content (AvgIpc) is 3.70. The summed E-state index contributed by atoms with van der Waals surface area (Å²) in [6.07, 6.45) is -0.691. The zero-order valence-electron chi connectivity index (χ0n) is 26.5. The molecular formula is C30H33ClN8O10. The number of hydrogen-bond donors (Lipinski definition) is 1. The minimum absolute atomic E-state index is 0.00671. The lowest BCUT2D eigenvalue weighted by Crippen LogP contribution is -2.26. The number of esters is 2. The van der Waals surface area contributed by atoms with Gasteiger partial charge in [-0.25, -0.2) is 9.78 Å². The number of halogens is 1. The smallest absolute Gasteiger partial charge is 0.361 e. The topological polar surface area (TPSA) is 230 Å². The van der Waals surface area contributed by atoms with Gasteiger partial charge in [0.05, 0.1) is 0 Å². The summed E-state index contributed by atoms with van der Waals surface area (Å²) in [4.78, 5) is 59.6. The van der Waals surface area contributed by atoms with Gasteiger partial charge in [0.1, 0.15) is 18.5 Å². The van der Waals surface area contributed by atoms with E-state index < -0.39 is 41.1 Å². The number of aromatic amines is 1. The van der Waals surface area contributed by atoms with Gasteiger partial charge in [-0.15, -0.1) is 30.4 Å². The lowest BCUT2D eigenvalue weighted by Gasteiger charge is -2.17. The summed E-state index contributed by atoms with van der Waals surface area (Å²) in [5.41, 5.74) is 3.48. The minimum atomic E-state index is -1.32. The molecule has 4 aromatic rings. The maximum absolute atomic E-state index is 13.4. The van der Waals surface area contributed by atoms with Crippen molar-refractivity contribution in [2.45, 2.75) is 71.3 Å². The van der Waals surface area contributed by atoms with Crippen molar-refractivity contribution in [3.8, 4) is 22.5 Å². The van der Waals surface area contributed by atoms with Gasteiger partial charge in [0, 0.05) is 31.9 Å². The number of tetrazole rings is 1. The van der Waals surface area contributed by atoms with Crippen LogP contribution >= 0.6 is 11.6 Å². The quantitative estimate of drug-likeness (QED) is 0.0601. The van der Waals surface area contributed by atoms with Crippen LogP contribution in [-0.2, 0) is 36.9 Å². The van der Waals surface area contributed by atoms with Crippen LogP contribution in [0.2, 0.25) is 5.15 Å². The summed E-state index contributed by atoms with van der Waals surface area (Å²) in [6.45, 7) is 2.93. The highest BCUT2D eigenvalue weighted by Crippen LogP contribution is 2.30. The van der Waals surface area contributed by atoms with E-state index in [9.17, 15) is 29.8 Å². The van der Waals surface area contributed by atoms with Crippen LogP contribution in [0.15, 0.2) is 48.5 Å². The van der Waals surface area contributed by atoms with Crippen LogP contribution in [0.4, 0.5) is 0 Å². The molecule has 2 aromatic heterocycles. The molecule has 0 saturated carbocycles. The zero-order chi connectivity index (χ0) is 35.3. The second kappa shape index (κ2) is 17.5. The van der Waals surface area contributed by atoms with Crippen molar-refractivity contribution in [2.24, 2.45) is 0 Å². The van der Waals surface area contributed by atoms with Gasteiger partial charge in [0.15, 0.2) is 10.8 Å². The molecule has 2 aromatic carbocycles. The van der Waals surface area contributed by atoms with Crippen molar-refractivity contribution in [2.75, 3.05) is 6.61 Å². The van der Waals surface area contributed by atoms with Crippen LogP contribution in [0.5, 0.6) is 0 Å². The van der Waals surface area contributed by atoms with Crippen molar-refractivity contribution in [1.29, 1.82) is 0 Å². The number of carbonyl (C=O) groups is 2. The summed E-state index contributed by atoms with van der Waals surface area (Å²) in [5, 5.41) is 33.1. The van der Waals surface area contributed by atoms with Crippen LogP contribution < -0.4 is 0 Å². The molecule has 0 aliphatic carbocycles. The molecule has 260 valence electrons. The number of aromatic nitrogens is 6. The highest BCUT2D eigenvalue weighted by atomic mass is 35.5. The van der Waals surface area contributed by atoms with E-state index in [1.165, 1.54) is 6.92 Å². The predicted molar refractivity (Wildman–Crippen MR) is 170 cm³/mol. The molecule has 0 aliphatic rings. The molecule has 1 unspecified atom stereocenters. The van der Waals surface area contributed by atoms with Crippen LogP contribution in [0.1, 0.15) is 67.8 Å². The van der Waals surface area contributed by atoms with E-state index in [4.69, 9.17) is 21.1 Å². The number of nitrogens with zero attached hydrogens (tertiary/aromatic N) is 7. The maximum Gasteiger partial charge on any atom is 0.361 e. The van der Waals surface area contributed by atoms with E-state index in [1.807, 2.05) is 55.5 Å². The van der Waals surface area contributed by atoms with E-state index in [-0.39, 0.29) is 36.7 Å². The van der Waals surface area contributed by atoms with Gasteiger partial charge in [0.2, 0.25) is 12.1 Å². The Morgan fingerprint density at radius 3 is 2.41 bits per heavy atom. The van der Waals surface area contributed by atoms with Crippen LogP contribution in [0.3, 0.4) is 0 Å². The first-order valence-electron chi connectivity index (χ1n) is 15.2. The van der Waals surface area contributed by atoms with E-state index in [2.05, 4.69) is 35.3 Å². The molecule has 0 saturated heterocycles. The Balaban J connectivity index is 1.42. The second-order valence-corrected chi connectivity index (χ2v) is 11.0. The normalized spacial score (nSPS) is 12.1. The van der Waals surface area contributed by atoms with E-state index in [1.54, 1.807) is 4.57 Å². The fraction of sp³-hybridized carbons (Fsp3) is 0.400. The molecule has 0 spiro atoms. The number of aryl methyl sites for hydroxylation is 1. The average molecular weight is 701 g/mol. The van der Waals surface area contributed by atoms with E-state index in [0.29, 0.717) is 18.1 Å². The largest absolute Gasteiger partial charge is 0.425 e. The van der Waals surface area contributed by atoms with Gasteiger partial charge in [-0.2, -0.15) is 5.21 Å². The monoisotopic (exact) mass is 700 g/mol. The van der Waals surface area contributed by atoms with Crippen LogP contribution in [0.25, 0.3) is 22.5 Å². The van der Waals surface area contributed by atoms with Gasteiger partial charge in [-0.1, -0.05) is 73.5 Å². The van der Waals surface area contributed by atoms with Crippen LogP contribution in [-0.4, -0.2) is 71.3 Å². The summed E-state index contributed by atoms with van der Waals surface area (Å²) in [7, 11) is 0. The van der Waals surface area contributed by atoms with Gasteiger partial charge >= 0.3 is 11.9 Å². The van der Waals surface area contributed by atoms with Gasteiger partial charge in [-0.3, -0.25) is 4.79 Å². The fourth-order valence-corrected chi connectivity index (χ4v) is 5.19. The highest BCUT2D eigenvalue weighted by Gasteiger charge is 2.26. The lowest BCUT2D eigenvalue weighted by molar-refractivity contribution is -0.790. The highest BCUT2D eigenvalue weighted by molar-refractivity contribution is 6.32. The van der Waals surface area contributed by atoms with Crippen LogP contribution in [0, 0.1) is 20.2 Å². The Hall–Kier alpha value is -5.65. The third kappa shape index (κ3) is 10.4. The molecule has 49 heavy (non-hydrogen) atoms. The first-order chi connectivity index (χ1) is 23.5. The second-order valence-electron chi connectivity index (χ2n) is 10.7. The Morgan fingerprint density at radius 2 is 1.76 bits per heavy atom. The number of benzene rings is 2. The first-order valence-corrected chi connectivity index (χ1v) is 15.6. The molecule has 19 heteroatoms. The zero-order valence-corrected chi connectivity index (χ0v) is 27.3. The SMILES string of the molecule is CCCCc1nc(Cl)c(C(=O)OC(C)OC(=O)CCC[C@H](CO[N+](=O)[O-])O[N+](=O)[O-])n1Cc1ccc(-c2ccccc2-c2nn[nH]n2)cc1. The molecule has 1 N–H and O–H groups in total.